The smallest absolute Gasteiger partial charge is 0.0852 e. The van der Waals surface area contributed by atoms with Crippen LogP contribution >= 0.6 is 0 Å². The lowest BCUT2D eigenvalue weighted by Gasteiger charge is -2.27. The molecule has 0 spiro atoms. The second kappa shape index (κ2) is 4.19. The van der Waals surface area contributed by atoms with Gasteiger partial charge in [0.15, 0.2) is 0 Å². The second-order valence-electron chi connectivity index (χ2n) is 4.95. The average Bonchev–Trinajstić information content (AvgIpc) is 3.13. The van der Waals surface area contributed by atoms with Crippen molar-refractivity contribution < 1.29 is 9.84 Å². The van der Waals surface area contributed by atoms with Crippen LogP contribution in [0.1, 0.15) is 36.5 Å². The molecule has 1 N–H and O–H groups in total. The number of aliphatic hydroxyl groups is 1. The summed E-state index contributed by atoms with van der Waals surface area (Å²) in [7, 11) is 0. The molecule has 3 rings (SSSR count). The van der Waals surface area contributed by atoms with Crippen LogP contribution in [0, 0.1) is 5.92 Å². The van der Waals surface area contributed by atoms with Crippen LogP contribution < -0.4 is 0 Å². The standard InChI is InChI=1S/C14H18O2/c15-13(11-5-6-11)9-14-12-4-2-1-3-10(12)7-8-16-14/h1-4,11,13-15H,5-9H2. The van der Waals surface area contributed by atoms with Crippen LogP contribution in [0.5, 0.6) is 0 Å². The summed E-state index contributed by atoms with van der Waals surface area (Å²) < 4.78 is 5.79. The van der Waals surface area contributed by atoms with Gasteiger partial charge in [-0.3, -0.25) is 0 Å². The number of hydrogen-bond donors (Lipinski definition) is 1. The monoisotopic (exact) mass is 218 g/mol. The number of ether oxygens (including phenoxy) is 1. The molecule has 16 heavy (non-hydrogen) atoms. The maximum atomic E-state index is 9.99. The van der Waals surface area contributed by atoms with E-state index in [4.69, 9.17) is 4.74 Å². The van der Waals surface area contributed by atoms with Gasteiger partial charge >= 0.3 is 0 Å². The highest BCUT2D eigenvalue weighted by atomic mass is 16.5. The number of benzene rings is 1. The van der Waals surface area contributed by atoms with E-state index in [1.54, 1.807) is 0 Å². The number of aliphatic hydroxyl groups excluding tert-OH is 1. The van der Waals surface area contributed by atoms with Crippen LogP contribution in [0.2, 0.25) is 0 Å². The first-order valence-electron chi connectivity index (χ1n) is 6.22. The molecule has 2 heteroatoms. The van der Waals surface area contributed by atoms with Crippen LogP contribution in [-0.2, 0) is 11.2 Å². The molecule has 1 fully saturated rings. The van der Waals surface area contributed by atoms with Crippen molar-refractivity contribution in [2.45, 2.75) is 37.9 Å². The summed E-state index contributed by atoms with van der Waals surface area (Å²) in [5.74, 6) is 0.540. The molecule has 2 unspecified atom stereocenters. The average molecular weight is 218 g/mol. The largest absolute Gasteiger partial charge is 0.393 e. The van der Waals surface area contributed by atoms with E-state index < -0.39 is 0 Å². The van der Waals surface area contributed by atoms with Crippen molar-refractivity contribution in [2.24, 2.45) is 5.92 Å². The van der Waals surface area contributed by atoms with Crippen LogP contribution in [0.25, 0.3) is 0 Å². The Morgan fingerprint density at radius 3 is 2.94 bits per heavy atom. The van der Waals surface area contributed by atoms with Crippen LogP contribution in [0.15, 0.2) is 24.3 Å². The Morgan fingerprint density at radius 2 is 2.12 bits per heavy atom. The van der Waals surface area contributed by atoms with Crippen molar-refractivity contribution in [1.29, 1.82) is 0 Å². The van der Waals surface area contributed by atoms with Gasteiger partial charge in [-0.1, -0.05) is 24.3 Å². The maximum absolute atomic E-state index is 9.99. The summed E-state index contributed by atoms with van der Waals surface area (Å²) >= 11 is 0. The topological polar surface area (TPSA) is 29.5 Å². The van der Waals surface area contributed by atoms with Gasteiger partial charge in [0.25, 0.3) is 0 Å². The van der Waals surface area contributed by atoms with E-state index in [-0.39, 0.29) is 12.2 Å². The molecule has 2 nitrogen and oxygen atoms in total. The molecule has 1 aliphatic carbocycles. The Kier molecular flexibility index (Phi) is 2.70. The molecular formula is C14H18O2. The molecule has 0 saturated heterocycles. The van der Waals surface area contributed by atoms with Crippen LogP contribution in [0.3, 0.4) is 0 Å². The molecule has 0 amide bonds. The third-order valence-electron chi connectivity index (χ3n) is 3.71. The number of fused-ring (bicyclic) bond motifs is 1. The van der Waals surface area contributed by atoms with Crippen LogP contribution in [-0.4, -0.2) is 17.8 Å². The minimum Gasteiger partial charge on any atom is -0.393 e. The first-order valence-corrected chi connectivity index (χ1v) is 6.22. The lowest BCUT2D eigenvalue weighted by molar-refractivity contribution is -0.000857. The number of hydrogen-bond acceptors (Lipinski definition) is 2. The predicted octanol–water partition coefficient (Wildman–Crippen LogP) is 2.46. The van der Waals surface area contributed by atoms with E-state index in [2.05, 4.69) is 24.3 Å². The predicted molar refractivity (Wildman–Crippen MR) is 62.2 cm³/mol. The Labute approximate surface area is 96.2 Å². The van der Waals surface area contributed by atoms with Crippen molar-refractivity contribution in [2.75, 3.05) is 6.61 Å². The van der Waals surface area contributed by atoms with Gasteiger partial charge in [-0.2, -0.15) is 0 Å². The third kappa shape index (κ3) is 2.00. The molecule has 86 valence electrons. The molecule has 1 aromatic rings. The summed E-state index contributed by atoms with van der Waals surface area (Å²) in [6.07, 6.45) is 4.09. The highest BCUT2D eigenvalue weighted by Crippen LogP contribution is 2.38. The first-order chi connectivity index (χ1) is 7.84. The van der Waals surface area contributed by atoms with Crippen molar-refractivity contribution in [3.05, 3.63) is 35.4 Å². The zero-order valence-electron chi connectivity index (χ0n) is 9.43. The van der Waals surface area contributed by atoms with Crippen molar-refractivity contribution in [1.82, 2.24) is 0 Å². The van der Waals surface area contributed by atoms with Gasteiger partial charge in [-0.15, -0.1) is 0 Å². The molecule has 1 saturated carbocycles. The fourth-order valence-electron chi connectivity index (χ4n) is 2.56. The van der Waals surface area contributed by atoms with Crippen molar-refractivity contribution in [3.63, 3.8) is 0 Å². The molecule has 1 aliphatic heterocycles. The fourth-order valence-corrected chi connectivity index (χ4v) is 2.56. The lowest BCUT2D eigenvalue weighted by Crippen LogP contribution is -2.22. The van der Waals surface area contributed by atoms with Gasteiger partial charge in [0, 0.05) is 6.42 Å². The Balaban J connectivity index is 1.76. The minimum absolute atomic E-state index is 0.112. The Hall–Kier alpha value is -0.860. The Morgan fingerprint density at radius 1 is 1.31 bits per heavy atom. The summed E-state index contributed by atoms with van der Waals surface area (Å²) in [4.78, 5) is 0. The van der Waals surface area contributed by atoms with Gasteiger partial charge in [-0.05, 0) is 36.3 Å². The summed E-state index contributed by atoms with van der Waals surface area (Å²) in [6, 6.07) is 8.45. The van der Waals surface area contributed by atoms with Gasteiger partial charge in [-0.25, -0.2) is 0 Å². The zero-order chi connectivity index (χ0) is 11.0. The summed E-state index contributed by atoms with van der Waals surface area (Å²) in [5.41, 5.74) is 2.68. The zero-order valence-corrected chi connectivity index (χ0v) is 9.43. The van der Waals surface area contributed by atoms with Crippen LogP contribution in [0.4, 0.5) is 0 Å². The number of rotatable bonds is 3. The third-order valence-corrected chi connectivity index (χ3v) is 3.71. The van der Waals surface area contributed by atoms with E-state index in [1.165, 1.54) is 24.0 Å². The maximum Gasteiger partial charge on any atom is 0.0852 e. The van der Waals surface area contributed by atoms with E-state index in [0.29, 0.717) is 5.92 Å². The molecule has 0 bridgehead atoms. The molecule has 2 atom stereocenters. The molecule has 1 heterocycles. The van der Waals surface area contributed by atoms with E-state index in [1.807, 2.05) is 0 Å². The van der Waals surface area contributed by atoms with E-state index in [9.17, 15) is 5.11 Å². The highest BCUT2D eigenvalue weighted by molar-refractivity contribution is 5.31. The van der Waals surface area contributed by atoms with E-state index in [0.717, 1.165) is 19.4 Å². The molecule has 1 aromatic carbocycles. The SMILES string of the molecule is OC(CC1OCCc2ccccc21)C1CC1. The molecule has 0 aromatic heterocycles. The quantitative estimate of drug-likeness (QED) is 0.844. The van der Waals surface area contributed by atoms with Gasteiger partial charge < -0.3 is 9.84 Å². The molecule has 2 aliphatic rings. The van der Waals surface area contributed by atoms with E-state index >= 15 is 0 Å². The minimum atomic E-state index is -0.170. The van der Waals surface area contributed by atoms with Gasteiger partial charge in [0.1, 0.15) is 0 Å². The second-order valence-corrected chi connectivity index (χ2v) is 4.95. The summed E-state index contributed by atoms with van der Waals surface area (Å²) in [6.45, 7) is 0.791. The fraction of sp³-hybridized carbons (Fsp3) is 0.571. The lowest BCUT2D eigenvalue weighted by atomic mass is 9.93. The van der Waals surface area contributed by atoms with Crippen molar-refractivity contribution in [3.8, 4) is 0 Å². The summed E-state index contributed by atoms with van der Waals surface area (Å²) in [5, 5.41) is 9.99. The molecule has 0 radical (unpaired) electrons. The first kappa shape index (κ1) is 10.3. The van der Waals surface area contributed by atoms with Gasteiger partial charge in [0.2, 0.25) is 0 Å². The Bertz CT molecular complexity index is 371. The van der Waals surface area contributed by atoms with Gasteiger partial charge in [0.05, 0.1) is 18.8 Å². The molecular weight excluding hydrogens is 200 g/mol. The van der Waals surface area contributed by atoms with Crippen molar-refractivity contribution >= 4 is 0 Å². The normalized spacial score (nSPS) is 26.2. The highest BCUT2D eigenvalue weighted by Gasteiger charge is 2.33.